The van der Waals surface area contributed by atoms with Gasteiger partial charge >= 0.3 is 5.69 Å². The van der Waals surface area contributed by atoms with E-state index >= 15 is 0 Å². The van der Waals surface area contributed by atoms with Crippen LogP contribution in [0.3, 0.4) is 0 Å². The summed E-state index contributed by atoms with van der Waals surface area (Å²) < 4.78 is 18.4. The Hall–Kier alpha value is -2.54. The summed E-state index contributed by atoms with van der Waals surface area (Å²) in [6.07, 6.45) is 0.965. The lowest BCUT2D eigenvalue weighted by molar-refractivity contribution is -0.00548. The summed E-state index contributed by atoms with van der Waals surface area (Å²) in [5.74, 6) is 2.07. The van der Waals surface area contributed by atoms with Gasteiger partial charge in [0.2, 0.25) is 0 Å². The van der Waals surface area contributed by atoms with E-state index in [0.717, 1.165) is 36.3 Å². The molecule has 3 heterocycles. The number of methoxy groups -OCH3 is 2. The second-order valence-electron chi connectivity index (χ2n) is 7.21. The number of fused-ring (bicyclic) bond motifs is 3. The number of morpholine rings is 1. The molecule has 144 valence electrons. The molecular formula is C20H25N3O4. The molecule has 2 atom stereocenters. The SMILES string of the molecule is COc1cc2c(cc1OC)-c1cc(N3C[C@H](C)O[C@@H](C)C3)nc(=O)n1CC2. The number of benzene rings is 1. The van der Waals surface area contributed by atoms with Crippen LogP contribution in [0, 0.1) is 0 Å². The molecule has 2 aliphatic heterocycles. The molecule has 0 aliphatic carbocycles. The normalized spacial score (nSPS) is 21.4. The zero-order chi connectivity index (χ0) is 19.1. The molecule has 7 nitrogen and oxygen atoms in total. The molecule has 1 saturated heterocycles. The van der Waals surface area contributed by atoms with Crippen LogP contribution in [0.2, 0.25) is 0 Å². The van der Waals surface area contributed by atoms with Gasteiger partial charge in [0, 0.05) is 31.3 Å². The Morgan fingerprint density at radius 3 is 2.41 bits per heavy atom. The lowest BCUT2D eigenvalue weighted by atomic mass is 9.96. The van der Waals surface area contributed by atoms with E-state index in [1.807, 2.05) is 32.0 Å². The molecule has 0 amide bonds. The Bertz CT molecular complexity index is 914. The van der Waals surface area contributed by atoms with Crippen molar-refractivity contribution in [3.8, 4) is 22.8 Å². The van der Waals surface area contributed by atoms with Crippen LogP contribution in [0.25, 0.3) is 11.3 Å². The summed E-state index contributed by atoms with van der Waals surface area (Å²) in [5, 5.41) is 0. The minimum absolute atomic E-state index is 0.103. The van der Waals surface area contributed by atoms with E-state index in [2.05, 4.69) is 9.88 Å². The molecular weight excluding hydrogens is 346 g/mol. The number of ether oxygens (including phenoxy) is 3. The van der Waals surface area contributed by atoms with Crippen molar-refractivity contribution in [2.24, 2.45) is 0 Å². The van der Waals surface area contributed by atoms with E-state index < -0.39 is 0 Å². The third-order valence-corrected chi connectivity index (χ3v) is 5.23. The first-order valence-corrected chi connectivity index (χ1v) is 9.27. The fourth-order valence-corrected chi connectivity index (χ4v) is 4.06. The van der Waals surface area contributed by atoms with Gasteiger partial charge in [-0.05, 0) is 38.0 Å². The second kappa shape index (κ2) is 6.88. The molecule has 0 saturated carbocycles. The average molecular weight is 371 g/mol. The Balaban J connectivity index is 1.82. The average Bonchev–Trinajstić information content (AvgIpc) is 2.65. The standard InChI is InChI=1S/C20H25N3O4/c1-12-10-22(11-13(2)27-12)19-9-16-15-8-18(26-4)17(25-3)7-14(15)5-6-23(16)20(24)21-19/h7-9,12-13H,5-6,10-11H2,1-4H3/t12-,13-/m0/s1. The highest BCUT2D eigenvalue weighted by molar-refractivity contribution is 5.72. The molecule has 2 aliphatic rings. The largest absolute Gasteiger partial charge is 0.493 e. The van der Waals surface area contributed by atoms with Gasteiger partial charge in [0.05, 0.1) is 32.1 Å². The Kier molecular flexibility index (Phi) is 4.55. The summed E-state index contributed by atoms with van der Waals surface area (Å²) in [7, 11) is 3.25. The van der Waals surface area contributed by atoms with E-state index in [1.165, 1.54) is 0 Å². The summed E-state index contributed by atoms with van der Waals surface area (Å²) in [6, 6.07) is 5.96. The maximum absolute atomic E-state index is 12.7. The minimum atomic E-state index is -0.213. The molecule has 27 heavy (non-hydrogen) atoms. The van der Waals surface area contributed by atoms with Gasteiger partial charge in [0.1, 0.15) is 5.82 Å². The molecule has 1 aromatic carbocycles. The molecule has 0 unspecified atom stereocenters. The Morgan fingerprint density at radius 1 is 1.07 bits per heavy atom. The number of rotatable bonds is 3. The smallest absolute Gasteiger partial charge is 0.350 e. The van der Waals surface area contributed by atoms with Crippen LogP contribution in [0.1, 0.15) is 19.4 Å². The Labute approximate surface area is 158 Å². The molecule has 1 aromatic heterocycles. The lowest BCUT2D eigenvalue weighted by Gasteiger charge is -2.36. The predicted molar refractivity (Wildman–Crippen MR) is 103 cm³/mol. The van der Waals surface area contributed by atoms with Crippen LogP contribution < -0.4 is 20.1 Å². The van der Waals surface area contributed by atoms with E-state index in [-0.39, 0.29) is 17.9 Å². The number of hydrogen-bond donors (Lipinski definition) is 0. The second-order valence-corrected chi connectivity index (χ2v) is 7.21. The zero-order valence-electron chi connectivity index (χ0n) is 16.2. The molecule has 0 spiro atoms. The molecule has 0 N–H and O–H groups in total. The van der Waals surface area contributed by atoms with Crippen molar-refractivity contribution in [3.63, 3.8) is 0 Å². The quantitative estimate of drug-likeness (QED) is 0.823. The number of hydrogen-bond acceptors (Lipinski definition) is 6. The third-order valence-electron chi connectivity index (χ3n) is 5.23. The van der Waals surface area contributed by atoms with Gasteiger partial charge in [-0.25, -0.2) is 4.79 Å². The van der Waals surface area contributed by atoms with Gasteiger partial charge < -0.3 is 19.1 Å². The highest BCUT2D eigenvalue weighted by Crippen LogP contribution is 2.38. The monoisotopic (exact) mass is 371 g/mol. The van der Waals surface area contributed by atoms with Gasteiger partial charge in [-0.3, -0.25) is 4.57 Å². The highest BCUT2D eigenvalue weighted by atomic mass is 16.5. The highest BCUT2D eigenvalue weighted by Gasteiger charge is 2.26. The topological polar surface area (TPSA) is 65.8 Å². The summed E-state index contributed by atoms with van der Waals surface area (Å²) in [6.45, 7) is 6.14. The van der Waals surface area contributed by atoms with E-state index in [1.54, 1.807) is 18.8 Å². The van der Waals surface area contributed by atoms with Crippen LogP contribution in [0.4, 0.5) is 5.82 Å². The van der Waals surface area contributed by atoms with Gasteiger partial charge in [0.15, 0.2) is 11.5 Å². The molecule has 2 aromatic rings. The summed E-state index contributed by atoms with van der Waals surface area (Å²) in [5.41, 5.74) is 2.80. The number of anilines is 1. The molecule has 1 fully saturated rings. The van der Waals surface area contributed by atoms with E-state index in [9.17, 15) is 4.79 Å². The summed E-state index contributed by atoms with van der Waals surface area (Å²) >= 11 is 0. The van der Waals surface area contributed by atoms with Gasteiger partial charge in [-0.2, -0.15) is 4.98 Å². The van der Waals surface area contributed by atoms with Gasteiger partial charge in [-0.15, -0.1) is 0 Å². The fourth-order valence-electron chi connectivity index (χ4n) is 4.06. The van der Waals surface area contributed by atoms with Crippen LogP contribution in [-0.4, -0.2) is 49.1 Å². The van der Waals surface area contributed by atoms with Crippen molar-refractivity contribution in [3.05, 3.63) is 34.2 Å². The third kappa shape index (κ3) is 3.16. The fraction of sp³-hybridized carbons (Fsp3) is 0.500. The van der Waals surface area contributed by atoms with Crippen molar-refractivity contribution in [2.75, 3.05) is 32.2 Å². The van der Waals surface area contributed by atoms with Crippen molar-refractivity contribution in [1.82, 2.24) is 9.55 Å². The lowest BCUT2D eigenvalue weighted by Crippen LogP contribution is -2.46. The van der Waals surface area contributed by atoms with Crippen LogP contribution in [0.5, 0.6) is 11.5 Å². The first-order chi connectivity index (χ1) is 13.0. The Morgan fingerprint density at radius 2 is 1.74 bits per heavy atom. The molecule has 0 bridgehead atoms. The zero-order valence-corrected chi connectivity index (χ0v) is 16.2. The number of aryl methyl sites for hydroxylation is 1. The number of aromatic nitrogens is 2. The maximum Gasteiger partial charge on any atom is 0.350 e. The van der Waals surface area contributed by atoms with Crippen molar-refractivity contribution in [2.45, 2.75) is 39.0 Å². The van der Waals surface area contributed by atoms with Crippen molar-refractivity contribution < 1.29 is 14.2 Å². The van der Waals surface area contributed by atoms with Crippen molar-refractivity contribution in [1.29, 1.82) is 0 Å². The van der Waals surface area contributed by atoms with E-state index in [0.29, 0.717) is 23.9 Å². The van der Waals surface area contributed by atoms with E-state index in [4.69, 9.17) is 14.2 Å². The molecule has 0 radical (unpaired) electrons. The van der Waals surface area contributed by atoms with Crippen LogP contribution >= 0.6 is 0 Å². The van der Waals surface area contributed by atoms with Crippen LogP contribution in [-0.2, 0) is 17.7 Å². The number of nitrogens with zero attached hydrogens (tertiary/aromatic N) is 3. The minimum Gasteiger partial charge on any atom is -0.493 e. The maximum atomic E-state index is 12.7. The molecule has 4 rings (SSSR count). The first kappa shape index (κ1) is 17.9. The van der Waals surface area contributed by atoms with Gasteiger partial charge in [-0.1, -0.05) is 0 Å². The summed E-state index contributed by atoms with van der Waals surface area (Å²) in [4.78, 5) is 19.2. The van der Waals surface area contributed by atoms with Gasteiger partial charge in [0.25, 0.3) is 0 Å². The van der Waals surface area contributed by atoms with Crippen molar-refractivity contribution >= 4 is 5.82 Å². The van der Waals surface area contributed by atoms with Crippen LogP contribution in [0.15, 0.2) is 23.0 Å². The predicted octanol–water partition coefficient (Wildman–Crippen LogP) is 2.10. The first-order valence-electron chi connectivity index (χ1n) is 9.27. The molecule has 7 heteroatoms.